The Labute approximate surface area is 104 Å². The van der Waals surface area contributed by atoms with Gasteiger partial charge in [0, 0.05) is 24.4 Å². The van der Waals surface area contributed by atoms with Crippen molar-refractivity contribution in [2.24, 2.45) is 5.92 Å². The lowest BCUT2D eigenvalue weighted by Gasteiger charge is -2.11. The molecule has 18 heavy (non-hydrogen) atoms. The van der Waals surface area contributed by atoms with Crippen molar-refractivity contribution in [3.63, 3.8) is 0 Å². The first-order valence-electron chi connectivity index (χ1n) is 5.27. The van der Waals surface area contributed by atoms with Crippen LogP contribution in [0.4, 0.5) is 0 Å². The van der Waals surface area contributed by atoms with Crippen molar-refractivity contribution in [2.45, 2.75) is 12.8 Å². The number of ether oxygens (including phenoxy) is 1. The maximum Gasteiger partial charge on any atom is 0.309 e. The van der Waals surface area contributed by atoms with E-state index in [1.54, 1.807) is 12.1 Å². The first-order valence-corrected chi connectivity index (χ1v) is 5.27. The molecule has 0 saturated carbocycles. The van der Waals surface area contributed by atoms with Gasteiger partial charge in [-0.1, -0.05) is 0 Å². The number of methoxy groups -OCH3 is 1. The van der Waals surface area contributed by atoms with Crippen LogP contribution in [0.25, 0.3) is 0 Å². The van der Waals surface area contributed by atoms with Crippen LogP contribution < -0.4 is 0 Å². The molecule has 0 bridgehead atoms. The minimum atomic E-state index is -1.15. The van der Waals surface area contributed by atoms with Crippen molar-refractivity contribution in [2.75, 3.05) is 7.11 Å². The number of carboxylic acid groups (broad SMARTS) is 1. The van der Waals surface area contributed by atoms with Gasteiger partial charge in [-0.05, 0) is 12.1 Å². The van der Waals surface area contributed by atoms with Crippen molar-refractivity contribution in [3.05, 3.63) is 30.1 Å². The van der Waals surface area contributed by atoms with Gasteiger partial charge in [-0.2, -0.15) is 0 Å². The second kappa shape index (κ2) is 6.48. The lowest BCUT2D eigenvalue weighted by atomic mass is 9.96. The predicted octanol–water partition coefficient (Wildman–Crippen LogP) is 0.918. The van der Waals surface area contributed by atoms with Crippen LogP contribution >= 0.6 is 0 Å². The standard InChI is InChI=1S/C12H13NO5/c1-18-12(17)9(6-11(15)16)5-10(14)8-3-2-4-13-7-8/h2-4,7,9H,5-6H2,1H3,(H,15,16). The summed E-state index contributed by atoms with van der Waals surface area (Å²) in [7, 11) is 1.16. The normalized spacial score (nSPS) is 11.6. The van der Waals surface area contributed by atoms with Gasteiger partial charge in [-0.3, -0.25) is 19.4 Å². The molecule has 0 aliphatic heterocycles. The number of Topliss-reactive ketones (excluding diaryl/α,β-unsaturated/α-hetero) is 1. The van der Waals surface area contributed by atoms with E-state index in [1.165, 1.54) is 12.4 Å². The Morgan fingerprint density at radius 3 is 2.61 bits per heavy atom. The van der Waals surface area contributed by atoms with Gasteiger partial charge in [0.1, 0.15) is 0 Å². The van der Waals surface area contributed by atoms with Gasteiger partial charge < -0.3 is 9.84 Å². The summed E-state index contributed by atoms with van der Waals surface area (Å²) in [4.78, 5) is 37.6. The van der Waals surface area contributed by atoms with Crippen molar-refractivity contribution in [1.29, 1.82) is 0 Å². The number of pyridine rings is 1. The van der Waals surface area contributed by atoms with Gasteiger partial charge in [0.15, 0.2) is 5.78 Å². The Kier molecular flexibility index (Phi) is 4.98. The fourth-order valence-corrected chi connectivity index (χ4v) is 1.49. The second-order valence-electron chi connectivity index (χ2n) is 3.69. The fourth-order valence-electron chi connectivity index (χ4n) is 1.49. The highest BCUT2D eigenvalue weighted by Gasteiger charge is 2.25. The van der Waals surface area contributed by atoms with Crippen LogP contribution in [-0.4, -0.2) is 34.9 Å². The highest BCUT2D eigenvalue weighted by atomic mass is 16.5. The van der Waals surface area contributed by atoms with E-state index >= 15 is 0 Å². The summed E-state index contributed by atoms with van der Waals surface area (Å²) in [5.41, 5.74) is 0.344. The molecular formula is C12H13NO5. The molecule has 1 unspecified atom stereocenters. The molecule has 0 amide bonds. The third-order valence-corrected chi connectivity index (χ3v) is 2.37. The topological polar surface area (TPSA) is 93.6 Å². The maximum absolute atomic E-state index is 11.8. The molecule has 1 heterocycles. The monoisotopic (exact) mass is 251 g/mol. The largest absolute Gasteiger partial charge is 0.481 e. The number of carbonyl (C=O) groups excluding carboxylic acids is 2. The number of esters is 1. The van der Waals surface area contributed by atoms with Gasteiger partial charge in [0.2, 0.25) is 0 Å². The summed E-state index contributed by atoms with van der Waals surface area (Å²) in [5.74, 6) is -3.15. The summed E-state index contributed by atoms with van der Waals surface area (Å²) in [6.45, 7) is 0. The van der Waals surface area contributed by atoms with Crippen LogP contribution in [0.5, 0.6) is 0 Å². The van der Waals surface area contributed by atoms with Crippen LogP contribution in [0, 0.1) is 5.92 Å². The molecule has 0 spiro atoms. The van der Waals surface area contributed by atoms with Gasteiger partial charge in [-0.25, -0.2) is 0 Å². The van der Waals surface area contributed by atoms with E-state index in [0.717, 1.165) is 7.11 Å². The van der Waals surface area contributed by atoms with Crippen molar-refractivity contribution in [3.8, 4) is 0 Å². The summed E-state index contributed by atoms with van der Waals surface area (Å²) < 4.78 is 4.48. The molecule has 1 aromatic rings. The van der Waals surface area contributed by atoms with Gasteiger partial charge >= 0.3 is 11.9 Å². The zero-order chi connectivity index (χ0) is 13.5. The highest BCUT2D eigenvalue weighted by molar-refractivity contribution is 5.98. The third-order valence-electron chi connectivity index (χ3n) is 2.37. The predicted molar refractivity (Wildman–Crippen MR) is 60.9 cm³/mol. The highest BCUT2D eigenvalue weighted by Crippen LogP contribution is 2.15. The molecule has 0 aliphatic carbocycles. The molecule has 0 fully saturated rings. The van der Waals surface area contributed by atoms with E-state index in [4.69, 9.17) is 5.11 Å². The minimum absolute atomic E-state index is 0.204. The maximum atomic E-state index is 11.8. The SMILES string of the molecule is COC(=O)C(CC(=O)O)CC(=O)c1cccnc1. The lowest BCUT2D eigenvalue weighted by Crippen LogP contribution is -2.23. The second-order valence-corrected chi connectivity index (χ2v) is 3.69. The fraction of sp³-hybridized carbons (Fsp3) is 0.333. The molecule has 1 rings (SSSR count). The van der Waals surface area contributed by atoms with Gasteiger partial charge in [0.25, 0.3) is 0 Å². The number of aromatic nitrogens is 1. The zero-order valence-corrected chi connectivity index (χ0v) is 9.83. The molecule has 1 atom stereocenters. The number of carboxylic acids is 1. The Morgan fingerprint density at radius 1 is 1.39 bits per heavy atom. The van der Waals surface area contributed by atoms with Crippen LogP contribution in [0.1, 0.15) is 23.2 Å². The van der Waals surface area contributed by atoms with Crippen LogP contribution in [0.15, 0.2) is 24.5 Å². The minimum Gasteiger partial charge on any atom is -0.481 e. The Balaban J connectivity index is 2.74. The Hall–Kier alpha value is -2.24. The summed E-state index contributed by atoms with van der Waals surface area (Å²) >= 11 is 0. The summed E-state index contributed by atoms with van der Waals surface area (Å²) in [6, 6.07) is 3.15. The van der Waals surface area contributed by atoms with E-state index in [0.29, 0.717) is 5.56 Å². The third kappa shape index (κ3) is 3.97. The van der Waals surface area contributed by atoms with Crippen LogP contribution in [0.3, 0.4) is 0 Å². The van der Waals surface area contributed by atoms with E-state index in [9.17, 15) is 14.4 Å². The zero-order valence-electron chi connectivity index (χ0n) is 9.83. The molecule has 0 radical (unpaired) electrons. The van der Waals surface area contributed by atoms with E-state index in [-0.39, 0.29) is 12.2 Å². The van der Waals surface area contributed by atoms with Crippen molar-refractivity contribution >= 4 is 17.7 Å². The average Bonchev–Trinajstić information content (AvgIpc) is 2.37. The van der Waals surface area contributed by atoms with E-state index in [1.807, 2.05) is 0 Å². The number of nitrogens with zero attached hydrogens (tertiary/aromatic N) is 1. The summed E-state index contributed by atoms with van der Waals surface area (Å²) in [6.07, 6.45) is 2.26. The molecular weight excluding hydrogens is 238 g/mol. The quantitative estimate of drug-likeness (QED) is 0.596. The first kappa shape index (κ1) is 13.8. The van der Waals surface area contributed by atoms with Gasteiger partial charge in [-0.15, -0.1) is 0 Å². The molecule has 0 saturated heterocycles. The number of hydrogen-bond donors (Lipinski definition) is 1. The van der Waals surface area contributed by atoms with Gasteiger partial charge in [0.05, 0.1) is 19.4 Å². The van der Waals surface area contributed by atoms with Crippen molar-refractivity contribution < 1.29 is 24.2 Å². The molecule has 6 nitrogen and oxygen atoms in total. The van der Waals surface area contributed by atoms with E-state index in [2.05, 4.69) is 9.72 Å². The Bertz CT molecular complexity index is 443. The molecule has 1 aromatic heterocycles. The smallest absolute Gasteiger partial charge is 0.309 e. The molecule has 6 heteroatoms. The molecule has 0 aromatic carbocycles. The first-order chi connectivity index (χ1) is 8.54. The molecule has 1 N–H and O–H groups in total. The number of hydrogen-bond acceptors (Lipinski definition) is 5. The van der Waals surface area contributed by atoms with Crippen molar-refractivity contribution in [1.82, 2.24) is 4.98 Å². The number of carbonyl (C=O) groups is 3. The number of ketones is 1. The Morgan fingerprint density at radius 2 is 2.11 bits per heavy atom. The van der Waals surface area contributed by atoms with Crippen LogP contribution in [-0.2, 0) is 14.3 Å². The number of rotatable bonds is 6. The molecule has 0 aliphatic rings. The van der Waals surface area contributed by atoms with E-state index < -0.39 is 24.3 Å². The summed E-state index contributed by atoms with van der Waals surface area (Å²) in [5, 5.41) is 8.68. The molecule has 96 valence electrons. The number of aliphatic carboxylic acids is 1. The van der Waals surface area contributed by atoms with Crippen LogP contribution in [0.2, 0.25) is 0 Å². The lowest BCUT2D eigenvalue weighted by molar-refractivity contribution is -0.150. The average molecular weight is 251 g/mol.